The van der Waals surface area contributed by atoms with Gasteiger partial charge in [-0.25, -0.2) is 19.5 Å². The number of pyridine rings is 1. The summed E-state index contributed by atoms with van der Waals surface area (Å²) in [5, 5.41) is 7.24. The number of rotatable bonds is 4. The summed E-state index contributed by atoms with van der Waals surface area (Å²) in [5.41, 5.74) is 7.03. The lowest BCUT2D eigenvalue weighted by Gasteiger charge is -2.28. The molecule has 0 unspecified atom stereocenters. The van der Waals surface area contributed by atoms with Crippen LogP contribution in [-0.4, -0.2) is 15.0 Å². The van der Waals surface area contributed by atoms with Gasteiger partial charge in [-0.05, 0) is 75.9 Å². The summed E-state index contributed by atoms with van der Waals surface area (Å²) < 4.78 is 9.44. The molecule has 6 aromatic rings. The van der Waals surface area contributed by atoms with E-state index in [9.17, 15) is 0 Å². The average Bonchev–Trinajstić information content (AvgIpc) is 3.02. The average molecular weight is 666 g/mol. The first-order valence-corrected chi connectivity index (χ1v) is 18.2. The van der Waals surface area contributed by atoms with Crippen LogP contribution in [-0.2, 0) is 30.7 Å². The van der Waals surface area contributed by atoms with Crippen molar-refractivity contribution in [2.75, 3.05) is 0 Å². The molecule has 3 heterocycles. The van der Waals surface area contributed by atoms with E-state index in [4.69, 9.17) is 19.7 Å². The molecule has 5 heteroatoms. The Bertz CT molecular complexity index is 2310. The van der Waals surface area contributed by atoms with E-state index in [0.717, 1.165) is 63.5 Å². The van der Waals surface area contributed by atoms with Crippen molar-refractivity contribution in [2.45, 2.75) is 107 Å². The third-order valence-electron chi connectivity index (χ3n) is 9.92. The van der Waals surface area contributed by atoms with E-state index in [1.54, 1.807) is 0 Å². The van der Waals surface area contributed by atoms with Crippen molar-refractivity contribution < 1.29 is 9.30 Å². The number of benzene rings is 4. The van der Waals surface area contributed by atoms with Gasteiger partial charge in [0, 0.05) is 33.4 Å². The van der Waals surface area contributed by atoms with Gasteiger partial charge in [0.05, 0.1) is 10.9 Å². The van der Waals surface area contributed by atoms with E-state index < -0.39 is 0 Å². The lowest BCUT2D eigenvalue weighted by molar-refractivity contribution is -0.659. The van der Waals surface area contributed by atoms with Gasteiger partial charge in [0.25, 0.3) is 0 Å². The molecule has 0 N–H and O–H groups in total. The van der Waals surface area contributed by atoms with E-state index in [2.05, 4.69) is 149 Å². The minimum atomic E-state index is -0.203. The molecule has 0 amide bonds. The van der Waals surface area contributed by atoms with Crippen LogP contribution in [0, 0.1) is 18.3 Å². The van der Waals surface area contributed by atoms with Crippen LogP contribution < -0.4 is 9.30 Å². The van der Waals surface area contributed by atoms with Crippen LogP contribution in [0.3, 0.4) is 0 Å². The standard InChI is InChI=1S/C45H53N4O/c1-25(2)20-27-14-17-30-32(21-27)26(3)36-38-37-31(18-19-49(38)13)33-22-29(40-46-41(44(7,8)9)48-42(47-40)45(10,11)12)16-15-28(33)23-35(37)50-39(36)34(30)24-43(4,5)6/h14-19,21-23,25H,20,24H2,1-13H3/q+1. The first-order valence-electron chi connectivity index (χ1n) is 18.2. The quantitative estimate of drug-likeness (QED) is 0.139. The Kier molecular flexibility index (Phi) is 7.90. The van der Waals surface area contributed by atoms with Gasteiger partial charge in [0.1, 0.15) is 30.2 Å². The summed E-state index contributed by atoms with van der Waals surface area (Å²) >= 11 is 0. The van der Waals surface area contributed by atoms with Crippen molar-refractivity contribution in [3.63, 3.8) is 0 Å². The molecule has 0 bridgehead atoms. The van der Waals surface area contributed by atoms with E-state index in [0.29, 0.717) is 5.92 Å². The zero-order chi connectivity index (χ0) is 36.1. The second-order valence-corrected chi connectivity index (χ2v) is 18.3. The van der Waals surface area contributed by atoms with Gasteiger partial charge < -0.3 is 4.74 Å². The summed E-state index contributed by atoms with van der Waals surface area (Å²) in [4.78, 5) is 15.0. The lowest BCUT2D eigenvalue weighted by Crippen LogP contribution is -2.32. The zero-order valence-corrected chi connectivity index (χ0v) is 32.4. The SMILES string of the molecule is Cc1c2c(c(CC(C)(C)C)c3ccc(CC(C)C)cc13)Oc1cc3ccc(-c4nc(C(C)(C)C)nc(C(C)(C)C)n4)cc3c3cc[n+](C)c-2c13. The first-order chi connectivity index (χ1) is 23.3. The molecule has 50 heavy (non-hydrogen) atoms. The van der Waals surface area contributed by atoms with E-state index in [1.165, 1.54) is 44.1 Å². The van der Waals surface area contributed by atoms with Crippen LogP contribution >= 0.6 is 0 Å². The van der Waals surface area contributed by atoms with Gasteiger partial charge in [0.2, 0.25) is 5.69 Å². The molecule has 1 aliphatic rings. The van der Waals surface area contributed by atoms with Gasteiger partial charge in [-0.3, -0.25) is 0 Å². The van der Waals surface area contributed by atoms with Gasteiger partial charge in [-0.2, -0.15) is 0 Å². The number of hydrogen-bond donors (Lipinski definition) is 0. The fourth-order valence-electron chi connectivity index (χ4n) is 7.50. The highest BCUT2D eigenvalue weighted by molar-refractivity contribution is 6.16. The van der Waals surface area contributed by atoms with Gasteiger partial charge in [0.15, 0.2) is 12.0 Å². The maximum atomic E-state index is 7.15. The maximum Gasteiger partial charge on any atom is 0.228 e. The minimum Gasteiger partial charge on any atom is -0.455 e. The fourth-order valence-corrected chi connectivity index (χ4v) is 7.50. The maximum absolute atomic E-state index is 7.15. The highest BCUT2D eigenvalue weighted by Gasteiger charge is 2.35. The molecule has 7 rings (SSSR count). The van der Waals surface area contributed by atoms with Crippen LogP contribution in [0.2, 0.25) is 0 Å². The molecular weight excluding hydrogens is 613 g/mol. The third kappa shape index (κ3) is 5.93. The van der Waals surface area contributed by atoms with Crippen molar-refractivity contribution in [2.24, 2.45) is 18.4 Å². The van der Waals surface area contributed by atoms with Gasteiger partial charge in [-0.15, -0.1) is 0 Å². The Morgan fingerprint density at radius 3 is 2.04 bits per heavy atom. The molecule has 258 valence electrons. The number of nitrogens with zero attached hydrogens (tertiary/aromatic N) is 4. The van der Waals surface area contributed by atoms with Crippen molar-refractivity contribution in [3.05, 3.63) is 83.1 Å². The number of fused-ring (bicyclic) bond motifs is 5. The van der Waals surface area contributed by atoms with Crippen molar-refractivity contribution in [1.82, 2.24) is 15.0 Å². The molecule has 5 nitrogen and oxygen atoms in total. The molecule has 2 aromatic heterocycles. The molecule has 0 fully saturated rings. The van der Waals surface area contributed by atoms with Crippen molar-refractivity contribution >= 4 is 32.3 Å². The normalized spacial score (nSPS) is 13.4. The molecule has 0 radical (unpaired) electrons. The Morgan fingerprint density at radius 1 is 0.740 bits per heavy atom. The number of aromatic nitrogens is 4. The molecule has 0 atom stereocenters. The monoisotopic (exact) mass is 665 g/mol. The molecule has 0 saturated carbocycles. The predicted octanol–water partition coefficient (Wildman–Crippen LogP) is 11.3. The molecule has 0 spiro atoms. The summed E-state index contributed by atoms with van der Waals surface area (Å²) in [6.07, 6.45) is 4.19. The Labute approximate surface area is 298 Å². The van der Waals surface area contributed by atoms with Crippen LogP contribution in [0.15, 0.2) is 54.7 Å². The second-order valence-electron chi connectivity index (χ2n) is 18.3. The smallest absolute Gasteiger partial charge is 0.228 e. The summed E-state index contributed by atoms with van der Waals surface area (Å²) in [6, 6.07) is 18.2. The molecule has 4 aromatic carbocycles. The van der Waals surface area contributed by atoms with Gasteiger partial charge in [-0.1, -0.05) is 106 Å². The molecule has 0 aliphatic carbocycles. The lowest BCUT2D eigenvalue weighted by atomic mass is 9.81. The van der Waals surface area contributed by atoms with Crippen LogP contribution in [0.25, 0.3) is 55.0 Å². The third-order valence-corrected chi connectivity index (χ3v) is 9.92. The highest BCUT2D eigenvalue weighted by Crippen LogP contribution is 2.53. The number of aryl methyl sites for hydroxylation is 2. The topological polar surface area (TPSA) is 51.8 Å². The zero-order valence-electron chi connectivity index (χ0n) is 32.4. The molecule has 1 aliphatic heterocycles. The van der Waals surface area contributed by atoms with E-state index >= 15 is 0 Å². The van der Waals surface area contributed by atoms with Crippen LogP contribution in [0.5, 0.6) is 11.5 Å². The summed E-state index contributed by atoms with van der Waals surface area (Å²) in [7, 11) is 2.17. The van der Waals surface area contributed by atoms with Gasteiger partial charge >= 0.3 is 0 Å². The van der Waals surface area contributed by atoms with Crippen LogP contribution in [0.4, 0.5) is 0 Å². The van der Waals surface area contributed by atoms with E-state index in [-0.39, 0.29) is 16.2 Å². The Balaban J connectivity index is 1.52. The first kappa shape index (κ1) is 34.1. The highest BCUT2D eigenvalue weighted by atomic mass is 16.5. The van der Waals surface area contributed by atoms with Crippen molar-refractivity contribution in [3.8, 4) is 34.1 Å². The summed E-state index contributed by atoms with van der Waals surface area (Å²) in [6.45, 7) is 26.8. The Hall–Kier alpha value is -4.38. The number of hydrogen-bond acceptors (Lipinski definition) is 4. The number of ether oxygens (including phenoxy) is 1. The Morgan fingerprint density at radius 2 is 1.42 bits per heavy atom. The van der Waals surface area contributed by atoms with Crippen LogP contribution in [0.1, 0.15) is 105 Å². The van der Waals surface area contributed by atoms with E-state index in [1.807, 2.05) is 0 Å². The predicted molar refractivity (Wildman–Crippen MR) is 208 cm³/mol. The largest absolute Gasteiger partial charge is 0.455 e. The fraction of sp³-hybridized carbons (Fsp3) is 0.422. The minimum absolute atomic E-state index is 0.0823. The van der Waals surface area contributed by atoms with Crippen molar-refractivity contribution in [1.29, 1.82) is 0 Å². The molecular formula is C45H53N4O+. The molecule has 0 saturated heterocycles. The second kappa shape index (κ2) is 11.6. The summed E-state index contributed by atoms with van der Waals surface area (Å²) in [5.74, 6) is 4.85.